The predicted octanol–water partition coefficient (Wildman–Crippen LogP) is 2.96. The fourth-order valence-electron chi connectivity index (χ4n) is 1.28. The van der Waals surface area contributed by atoms with Gasteiger partial charge in [-0.25, -0.2) is 9.37 Å². The van der Waals surface area contributed by atoms with E-state index in [2.05, 4.69) is 18.1 Å². The molecule has 0 radical (unpaired) electrons. The van der Waals surface area contributed by atoms with Gasteiger partial charge in [-0.1, -0.05) is 24.8 Å². The van der Waals surface area contributed by atoms with Crippen LogP contribution in [0.1, 0.15) is 31.5 Å². The number of hydrogen-bond acceptors (Lipinski definition) is 2. The topological polar surface area (TPSA) is 34.9 Å². The van der Waals surface area contributed by atoms with Crippen LogP contribution >= 0.6 is 0 Å². The highest BCUT2D eigenvalue weighted by Crippen LogP contribution is 2.16. The third kappa shape index (κ3) is 3.03. The van der Waals surface area contributed by atoms with Crippen molar-refractivity contribution in [2.75, 3.05) is 0 Å². The molecular formula is C14H17FN2O. The van der Waals surface area contributed by atoms with Crippen LogP contribution < -0.4 is 5.56 Å². The van der Waals surface area contributed by atoms with Crippen LogP contribution in [-0.4, -0.2) is 9.55 Å². The molecule has 18 heavy (non-hydrogen) atoms. The van der Waals surface area contributed by atoms with Crippen LogP contribution in [0.15, 0.2) is 41.2 Å². The molecule has 1 rings (SSSR count). The Labute approximate surface area is 106 Å². The first-order valence-electron chi connectivity index (χ1n) is 5.55. The third-order valence-corrected chi connectivity index (χ3v) is 2.70. The van der Waals surface area contributed by atoms with Gasteiger partial charge in [0.1, 0.15) is 5.82 Å². The molecule has 0 spiro atoms. The van der Waals surface area contributed by atoms with Gasteiger partial charge in [0.25, 0.3) is 5.56 Å². The van der Waals surface area contributed by atoms with E-state index in [1.807, 2.05) is 13.8 Å². The minimum atomic E-state index is -1.43. The van der Waals surface area contributed by atoms with E-state index in [0.29, 0.717) is 5.82 Å². The van der Waals surface area contributed by atoms with Gasteiger partial charge >= 0.3 is 0 Å². The molecule has 0 amide bonds. The summed E-state index contributed by atoms with van der Waals surface area (Å²) in [5.41, 5.74) is 1.54. The van der Waals surface area contributed by atoms with E-state index in [0.717, 1.165) is 17.2 Å². The van der Waals surface area contributed by atoms with Crippen molar-refractivity contribution in [3.63, 3.8) is 0 Å². The Morgan fingerprint density at radius 3 is 2.67 bits per heavy atom. The first-order chi connectivity index (χ1) is 8.36. The molecular weight excluding hydrogens is 231 g/mol. The van der Waals surface area contributed by atoms with Gasteiger partial charge in [-0.05, 0) is 25.5 Å². The highest BCUT2D eigenvalue weighted by Gasteiger charge is 2.11. The van der Waals surface area contributed by atoms with Crippen LogP contribution in [0, 0.1) is 0 Å². The maximum absolute atomic E-state index is 13.5. The standard InChI is InChI=1S/C14H17FN2O/c1-6-11(15)12-8-14(18)17(5)13(16-12)7-10(4)9(2)3/h6-8,11H,1-2H2,3-5H3/b10-7-. The van der Waals surface area contributed by atoms with Gasteiger partial charge in [0, 0.05) is 13.1 Å². The molecule has 4 heteroatoms. The lowest BCUT2D eigenvalue weighted by molar-refractivity contribution is 0.404. The average molecular weight is 248 g/mol. The second-order valence-corrected chi connectivity index (χ2v) is 4.18. The molecule has 96 valence electrons. The molecule has 1 aromatic heterocycles. The lowest BCUT2D eigenvalue weighted by Crippen LogP contribution is -2.21. The Balaban J connectivity index is 3.40. The molecule has 1 heterocycles. The Morgan fingerprint density at radius 2 is 2.17 bits per heavy atom. The van der Waals surface area contributed by atoms with Crippen molar-refractivity contribution < 1.29 is 4.39 Å². The summed E-state index contributed by atoms with van der Waals surface area (Å²) in [6.45, 7) is 10.9. The third-order valence-electron chi connectivity index (χ3n) is 2.70. The minimum absolute atomic E-state index is 0.0777. The lowest BCUT2D eigenvalue weighted by atomic mass is 10.1. The predicted molar refractivity (Wildman–Crippen MR) is 72.0 cm³/mol. The normalized spacial score (nSPS) is 13.2. The largest absolute Gasteiger partial charge is 0.296 e. The Kier molecular flexibility index (Phi) is 4.37. The van der Waals surface area contributed by atoms with E-state index in [-0.39, 0.29) is 11.3 Å². The summed E-state index contributed by atoms with van der Waals surface area (Å²) in [6.07, 6.45) is 1.39. The van der Waals surface area contributed by atoms with E-state index in [1.165, 1.54) is 10.6 Å². The van der Waals surface area contributed by atoms with Crippen molar-refractivity contribution in [3.05, 3.63) is 58.3 Å². The zero-order valence-electron chi connectivity index (χ0n) is 10.9. The van der Waals surface area contributed by atoms with Gasteiger partial charge in [0.2, 0.25) is 0 Å². The van der Waals surface area contributed by atoms with E-state index in [1.54, 1.807) is 13.1 Å². The molecule has 1 aromatic rings. The molecule has 0 bridgehead atoms. The van der Waals surface area contributed by atoms with E-state index >= 15 is 0 Å². The van der Waals surface area contributed by atoms with Crippen LogP contribution in [-0.2, 0) is 7.05 Å². The summed E-state index contributed by atoms with van der Waals surface area (Å²) in [5.74, 6) is 0.405. The van der Waals surface area contributed by atoms with Crippen molar-refractivity contribution in [1.29, 1.82) is 0 Å². The fraction of sp³-hybridized carbons (Fsp3) is 0.286. The van der Waals surface area contributed by atoms with Crippen LogP contribution in [0.3, 0.4) is 0 Å². The van der Waals surface area contributed by atoms with Gasteiger partial charge < -0.3 is 0 Å². The molecule has 1 atom stereocenters. The van der Waals surface area contributed by atoms with Crippen molar-refractivity contribution in [1.82, 2.24) is 9.55 Å². The highest BCUT2D eigenvalue weighted by atomic mass is 19.1. The average Bonchev–Trinajstić information content (AvgIpc) is 2.33. The Morgan fingerprint density at radius 1 is 1.56 bits per heavy atom. The molecule has 0 aliphatic carbocycles. The maximum atomic E-state index is 13.5. The summed E-state index contributed by atoms with van der Waals surface area (Å²) >= 11 is 0. The van der Waals surface area contributed by atoms with Crippen molar-refractivity contribution in [2.45, 2.75) is 20.0 Å². The maximum Gasteiger partial charge on any atom is 0.253 e. The summed E-state index contributed by atoms with van der Waals surface area (Å²) in [4.78, 5) is 15.8. The van der Waals surface area contributed by atoms with E-state index in [9.17, 15) is 9.18 Å². The molecule has 1 unspecified atom stereocenters. The molecule has 0 aliphatic heterocycles. The highest BCUT2D eigenvalue weighted by molar-refractivity contribution is 5.51. The van der Waals surface area contributed by atoms with Crippen LogP contribution in [0.25, 0.3) is 6.08 Å². The van der Waals surface area contributed by atoms with Crippen molar-refractivity contribution in [2.24, 2.45) is 7.05 Å². The van der Waals surface area contributed by atoms with Gasteiger partial charge in [0.05, 0.1) is 5.69 Å². The molecule has 0 saturated heterocycles. The summed E-state index contributed by atoms with van der Waals surface area (Å²) < 4.78 is 14.9. The Hall–Kier alpha value is -1.97. The van der Waals surface area contributed by atoms with Gasteiger partial charge in [-0.15, -0.1) is 0 Å². The fourth-order valence-corrected chi connectivity index (χ4v) is 1.28. The number of halogens is 1. The molecule has 0 aromatic carbocycles. The lowest BCUT2D eigenvalue weighted by Gasteiger charge is -2.08. The number of nitrogens with zero attached hydrogens (tertiary/aromatic N) is 2. The van der Waals surface area contributed by atoms with Gasteiger partial charge in [0.15, 0.2) is 6.17 Å². The molecule has 0 aliphatic rings. The number of rotatable bonds is 4. The summed E-state index contributed by atoms with van der Waals surface area (Å²) in [7, 11) is 1.60. The Bertz CT molecular complexity index is 570. The van der Waals surface area contributed by atoms with Crippen LogP contribution in [0.2, 0.25) is 0 Å². The molecule has 3 nitrogen and oxygen atoms in total. The number of hydrogen-bond donors (Lipinski definition) is 0. The number of allylic oxidation sites excluding steroid dienone is 3. The van der Waals surface area contributed by atoms with Gasteiger partial charge in [-0.2, -0.15) is 0 Å². The SMILES string of the molecule is C=CC(F)c1cc(=O)n(C)c(/C=C(/C)C(=C)C)n1. The van der Waals surface area contributed by atoms with E-state index in [4.69, 9.17) is 0 Å². The van der Waals surface area contributed by atoms with Crippen molar-refractivity contribution in [3.8, 4) is 0 Å². The zero-order valence-corrected chi connectivity index (χ0v) is 10.9. The van der Waals surface area contributed by atoms with Gasteiger partial charge in [-0.3, -0.25) is 9.36 Å². The number of alkyl halides is 1. The van der Waals surface area contributed by atoms with Crippen molar-refractivity contribution >= 4 is 6.08 Å². The second kappa shape index (κ2) is 5.58. The molecule has 0 saturated carbocycles. The summed E-state index contributed by atoms with van der Waals surface area (Å²) in [5, 5.41) is 0. The monoisotopic (exact) mass is 248 g/mol. The first-order valence-corrected chi connectivity index (χ1v) is 5.55. The van der Waals surface area contributed by atoms with Crippen LogP contribution in [0.4, 0.5) is 4.39 Å². The second-order valence-electron chi connectivity index (χ2n) is 4.18. The first kappa shape index (κ1) is 14.1. The summed E-state index contributed by atoms with van der Waals surface area (Å²) in [6, 6.07) is 1.18. The minimum Gasteiger partial charge on any atom is -0.296 e. The number of aromatic nitrogens is 2. The molecule has 0 N–H and O–H groups in total. The zero-order chi connectivity index (χ0) is 13.9. The van der Waals surface area contributed by atoms with E-state index < -0.39 is 6.17 Å². The smallest absolute Gasteiger partial charge is 0.253 e. The van der Waals surface area contributed by atoms with Crippen LogP contribution in [0.5, 0.6) is 0 Å². The quantitative estimate of drug-likeness (QED) is 0.606. The molecule has 0 fully saturated rings.